The van der Waals surface area contributed by atoms with Gasteiger partial charge in [0.1, 0.15) is 11.8 Å². The number of hydrogen-bond donors (Lipinski definition) is 9. The van der Waals surface area contributed by atoms with E-state index in [-0.39, 0.29) is 12.1 Å². The van der Waals surface area contributed by atoms with Crippen molar-refractivity contribution < 1.29 is 62.7 Å². The summed E-state index contributed by atoms with van der Waals surface area (Å²) in [5, 5.41) is 51.7. The van der Waals surface area contributed by atoms with Gasteiger partial charge in [-0.2, -0.15) is 0 Å². The minimum Gasteiger partial charge on any atom is -0.480 e. The number of benzene rings is 1. The van der Waals surface area contributed by atoms with Crippen LogP contribution in [0.4, 0.5) is 5.69 Å². The molecule has 0 spiro atoms. The van der Waals surface area contributed by atoms with Crippen molar-refractivity contribution in [1.29, 1.82) is 0 Å². The second kappa shape index (κ2) is 14.0. The van der Waals surface area contributed by atoms with E-state index in [1.165, 1.54) is 24.3 Å². The number of carbonyl (C=O) groups excluding carboxylic acids is 1. The van der Waals surface area contributed by atoms with Crippen LogP contribution in [0.25, 0.3) is 0 Å². The molecular formula is C20H26N4O13S. The molecule has 0 fully saturated rings. The minimum atomic E-state index is -4.13. The average molecular weight is 563 g/mol. The molecule has 0 radical (unpaired) electrons. The number of nitrogens with two attached hydrogens (primary N) is 1. The largest absolute Gasteiger partial charge is 0.480 e. The zero-order chi connectivity index (χ0) is 29.2. The Morgan fingerprint density at radius 1 is 0.789 bits per heavy atom. The summed E-state index contributed by atoms with van der Waals surface area (Å²) in [6, 6.07) is -1.46. The van der Waals surface area contributed by atoms with Crippen LogP contribution in [0.1, 0.15) is 5.56 Å². The van der Waals surface area contributed by atoms with Crippen molar-refractivity contribution in [2.75, 3.05) is 23.4 Å². The second-order valence-electron chi connectivity index (χ2n) is 7.94. The van der Waals surface area contributed by atoms with Crippen LogP contribution in [0, 0.1) is 0 Å². The fourth-order valence-corrected chi connectivity index (χ4v) is 4.30. The van der Waals surface area contributed by atoms with E-state index < -0.39 is 87.8 Å². The summed E-state index contributed by atoms with van der Waals surface area (Å²) >= 11 is 0. The Bertz CT molecular complexity index is 1140. The first-order chi connectivity index (χ1) is 17.5. The Kier molecular flexibility index (Phi) is 11.7. The summed E-state index contributed by atoms with van der Waals surface area (Å²) in [7, 11) is -4.13. The molecule has 210 valence electrons. The number of aliphatic carboxylic acids is 5. The van der Waals surface area contributed by atoms with Crippen molar-refractivity contribution in [3.63, 3.8) is 0 Å². The average Bonchev–Trinajstić information content (AvgIpc) is 2.76. The van der Waals surface area contributed by atoms with Crippen LogP contribution >= 0.6 is 0 Å². The van der Waals surface area contributed by atoms with Gasteiger partial charge >= 0.3 is 29.8 Å². The molecule has 38 heavy (non-hydrogen) atoms. The summed E-state index contributed by atoms with van der Waals surface area (Å²) in [5.41, 5.74) is 5.72. The topological polar surface area (TPSA) is 300 Å². The number of amides is 1. The highest BCUT2D eigenvalue weighted by atomic mass is 32.2. The molecule has 1 rings (SSSR count). The maximum absolute atomic E-state index is 12.0. The monoisotopic (exact) mass is 562 g/mol. The molecular weight excluding hydrogens is 536 g/mol. The van der Waals surface area contributed by atoms with Crippen LogP contribution < -0.4 is 21.7 Å². The SMILES string of the molecule is NC(CS(=O)(=O)CC(=O)Nc1ccc(CC(CNC(C(=O)O)C(=O)O)NC(C(=O)O)C(=O)O)cc1)C(=O)O. The number of carbonyl (C=O) groups is 6. The van der Waals surface area contributed by atoms with Crippen molar-refractivity contribution in [1.82, 2.24) is 10.6 Å². The first-order valence-corrected chi connectivity index (χ1v) is 12.3. The van der Waals surface area contributed by atoms with Gasteiger partial charge in [-0.25, -0.2) is 27.6 Å². The van der Waals surface area contributed by atoms with E-state index >= 15 is 0 Å². The van der Waals surface area contributed by atoms with Crippen molar-refractivity contribution in [3.8, 4) is 0 Å². The lowest BCUT2D eigenvalue weighted by molar-refractivity contribution is -0.153. The van der Waals surface area contributed by atoms with Gasteiger partial charge in [0.25, 0.3) is 0 Å². The molecule has 1 aromatic carbocycles. The van der Waals surface area contributed by atoms with E-state index in [9.17, 15) is 37.2 Å². The summed E-state index contributed by atoms with van der Waals surface area (Å²) in [5.74, 6) is -11.4. The number of hydrogen-bond acceptors (Lipinski definition) is 11. The Morgan fingerprint density at radius 2 is 1.29 bits per heavy atom. The second-order valence-corrected chi connectivity index (χ2v) is 10.0. The molecule has 0 aliphatic rings. The Balaban J connectivity index is 2.95. The molecule has 17 nitrogen and oxygen atoms in total. The predicted molar refractivity (Wildman–Crippen MR) is 126 cm³/mol. The van der Waals surface area contributed by atoms with E-state index in [1.54, 1.807) is 0 Å². The van der Waals surface area contributed by atoms with Crippen LogP contribution in [0.2, 0.25) is 0 Å². The summed E-state index contributed by atoms with van der Waals surface area (Å²) in [6.07, 6.45) is -0.119. The number of carboxylic acid groups (broad SMARTS) is 5. The molecule has 1 aromatic rings. The van der Waals surface area contributed by atoms with Crippen LogP contribution in [-0.4, -0.2) is 112 Å². The van der Waals surface area contributed by atoms with Gasteiger partial charge in [-0.3, -0.25) is 20.2 Å². The van der Waals surface area contributed by atoms with E-state index in [1.807, 2.05) is 0 Å². The molecule has 0 bridgehead atoms. The lowest BCUT2D eigenvalue weighted by Crippen LogP contribution is -2.55. The Labute approximate surface area is 214 Å². The van der Waals surface area contributed by atoms with E-state index in [0.29, 0.717) is 5.56 Å². The van der Waals surface area contributed by atoms with Crippen molar-refractivity contribution >= 4 is 51.3 Å². The van der Waals surface area contributed by atoms with Gasteiger partial charge < -0.3 is 36.6 Å². The van der Waals surface area contributed by atoms with Crippen LogP contribution in [0.15, 0.2) is 24.3 Å². The van der Waals surface area contributed by atoms with Crippen molar-refractivity contribution in [2.45, 2.75) is 30.6 Å². The highest BCUT2D eigenvalue weighted by Crippen LogP contribution is 2.12. The zero-order valence-corrected chi connectivity index (χ0v) is 20.3. The molecule has 0 aliphatic carbocycles. The number of anilines is 1. The lowest BCUT2D eigenvalue weighted by atomic mass is 10.0. The highest BCUT2D eigenvalue weighted by Gasteiger charge is 2.31. The standard InChI is InChI=1S/C20H26N4O13S/c21-12(16(26)27)7-38(36,37)8-13(25)23-10-3-1-9(2-4-10)5-11(24-15(19(32)33)20(34)35)6-22-14(17(28)29)18(30)31/h1-4,11-12,14-15,22,24H,5-8,21H2,(H,23,25)(H,26,27)(H,28,29)(H,30,31)(H,32,33)(H,34,35). The van der Waals surface area contributed by atoms with Crippen molar-refractivity contribution in [3.05, 3.63) is 29.8 Å². The minimum absolute atomic E-state index is 0.119. The van der Waals surface area contributed by atoms with E-state index in [4.69, 9.17) is 31.3 Å². The van der Waals surface area contributed by atoms with Gasteiger partial charge in [0, 0.05) is 18.3 Å². The fourth-order valence-electron chi connectivity index (χ4n) is 3.02. The summed E-state index contributed by atoms with van der Waals surface area (Å²) in [6.45, 7) is -0.463. The van der Waals surface area contributed by atoms with E-state index in [0.717, 1.165) is 0 Å². The highest BCUT2D eigenvalue weighted by molar-refractivity contribution is 7.92. The van der Waals surface area contributed by atoms with Crippen LogP contribution in [0.3, 0.4) is 0 Å². The number of rotatable bonds is 17. The van der Waals surface area contributed by atoms with E-state index in [2.05, 4.69) is 16.0 Å². The molecule has 0 aliphatic heterocycles. The molecule has 0 saturated heterocycles. The van der Waals surface area contributed by atoms with Gasteiger partial charge in [-0.15, -0.1) is 0 Å². The normalized spacial score (nSPS) is 13.0. The first-order valence-electron chi connectivity index (χ1n) is 10.5. The maximum atomic E-state index is 12.0. The Morgan fingerprint density at radius 3 is 1.74 bits per heavy atom. The lowest BCUT2D eigenvalue weighted by Gasteiger charge is -2.23. The summed E-state index contributed by atoms with van der Waals surface area (Å²) in [4.78, 5) is 67.4. The van der Waals surface area contributed by atoms with Gasteiger partial charge in [-0.05, 0) is 24.1 Å². The molecule has 0 saturated carbocycles. The maximum Gasteiger partial charge on any atom is 0.332 e. The molecule has 10 N–H and O–H groups in total. The molecule has 2 atom stereocenters. The number of sulfone groups is 1. The first kappa shape index (κ1) is 31.9. The molecule has 1 amide bonds. The van der Waals surface area contributed by atoms with Gasteiger partial charge in [0.2, 0.25) is 18.0 Å². The Hall–Kier alpha value is -4.13. The van der Waals surface area contributed by atoms with Crippen molar-refractivity contribution in [2.24, 2.45) is 5.73 Å². The smallest absolute Gasteiger partial charge is 0.332 e. The number of carboxylic acids is 5. The zero-order valence-electron chi connectivity index (χ0n) is 19.4. The number of nitrogens with one attached hydrogen (secondary N) is 3. The van der Waals surface area contributed by atoms with Crippen LogP contribution in [0.5, 0.6) is 0 Å². The third-order valence-corrected chi connectivity index (χ3v) is 6.35. The summed E-state index contributed by atoms with van der Waals surface area (Å²) < 4.78 is 23.8. The molecule has 0 heterocycles. The molecule has 0 aromatic heterocycles. The fraction of sp³-hybridized carbons (Fsp3) is 0.400. The predicted octanol–water partition coefficient (Wildman–Crippen LogP) is -3.38. The van der Waals surface area contributed by atoms with Gasteiger partial charge in [0.15, 0.2) is 9.84 Å². The third-order valence-electron chi connectivity index (χ3n) is 4.78. The van der Waals surface area contributed by atoms with Gasteiger partial charge in [0.05, 0.1) is 5.75 Å². The van der Waals surface area contributed by atoms with Crippen LogP contribution in [-0.2, 0) is 45.0 Å². The molecule has 18 heteroatoms. The third kappa shape index (κ3) is 10.9. The van der Waals surface area contributed by atoms with Gasteiger partial charge in [-0.1, -0.05) is 12.1 Å². The quantitative estimate of drug-likeness (QED) is 0.0836. The molecule has 2 unspecified atom stereocenters.